The van der Waals surface area contributed by atoms with Gasteiger partial charge in [-0.15, -0.1) is 0 Å². The third-order valence-electron chi connectivity index (χ3n) is 2.01. The number of hydrogen-bond acceptors (Lipinski definition) is 7. The number of hydrogen-bond donors (Lipinski definition) is 2. The van der Waals surface area contributed by atoms with Crippen LogP contribution in [0.25, 0.3) is 11.7 Å². The van der Waals surface area contributed by atoms with Crippen molar-refractivity contribution in [3.63, 3.8) is 0 Å². The molecule has 10 heteroatoms. The fourth-order valence-electron chi connectivity index (χ4n) is 1.26. The summed E-state index contributed by atoms with van der Waals surface area (Å²) < 4.78 is 9.43. The number of nitro groups is 1. The van der Waals surface area contributed by atoms with Crippen molar-refractivity contribution in [2.75, 3.05) is 0 Å². The number of aromatic nitrogens is 1. The van der Waals surface area contributed by atoms with E-state index in [1.165, 1.54) is 0 Å². The van der Waals surface area contributed by atoms with Gasteiger partial charge in [0.05, 0.1) is 6.07 Å². The number of carbonyl (C=O) groups is 2. The number of carboxylic acid groups (broad SMARTS) is 2. The Morgan fingerprint density at radius 1 is 1.21 bits per heavy atom. The molecule has 0 amide bonds. The number of oxazole rings is 1. The first-order chi connectivity index (χ1) is 8.90. The van der Waals surface area contributed by atoms with Gasteiger partial charge in [-0.05, 0) is 6.07 Å². The van der Waals surface area contributed by atoms with E-state index < -0.39 is 40.1 Å². The third-order valence-corrected chi connectivity index (χ3v) is 2.01. The Hall–Kier alpha value is -3.17. The Labute approximate surface area is 103 Å². The maximum atomic E-state index is 10.8. The van der Waals surface area contributed by atoms with Gasteiger partial charge in [0.1, 0.15) is 4.92 Å². The molecule has 10 nitrogen and oxygen atoms in total. The minimum atomic E-state index is -1.63. The van der Waals surface area contributed by atoms with Gasteiger partial charge in [0, 0.05) is 0 Å². The maximum absolute atomic E-state index is 10.8. The van der Waals surface area contributed by atoms with Crippen molar-refractivity contribution in [1.82, 2.24) is 4.98 Å². The summed E-state index contributed by atoms with van der Waals surface area (Å²) in [5.41, 5.74) is -0.818. The van der Waals surface area contributed by atoms with Crippen molar-refractivity contribution in [3.05, 3.63) is 33.7 Å². The van der Waals surface area contributed by atoms with Gasteiger partial charge in [-0.2, -0.15) is 4.98 Å². The van der Waals surface area contributed by atoms with E-state index in [1.807, 2.05) is 0 Å². The van der Waals surface area contributed by atoms with Crippen molar-refractivity contribution < 1.29 is 33.6 Å². The van der Waals surface area contributed by atoms with Crippen LogP contribution in [-0.2, 0) is 0 Å². The summed E-state index contributed by atoms with van der Waals surface area (Å²) in [7, 11) is 0. The van der Waals surface area contributed by atoms with Gasteiger partial charge in [0.25, 0.3) is 5.89 Å². The van der Waals surface area contributed by atoms with Crippen molar-refractivity contribution in [2.45, 2.75) is 0 Å². The zero-order chi connectivity index (χ0) is 14.2. The summed E-state index contributed by atoms with van der Waals surface area (Å²) in [5.74, 6) is -5.45. The van der Waals surface area contributed by atoms with E-state index in [9.17, 15) is 19.7 Å². The van der Waals surface area contributed by atoms with Gasteiger partial charge in [0.2, 0.25) is 11.5 Å². The number of nitrogens with zero attached hydrogens (tertiary/aromatic N) is 2. The van der Waals surface area contributed by atoms with E-state index in [0.29, 0.717) is 0 Å². The normalized spacial score (nSPS) is 10.3. The van der Waals surface area contributed by atoms with Crippen molar-refractivity contribution >= 4 is 17.8 Å². The number of aromatic carboxylic acids is 2. The van der Waals surface area contributed by atoms with Crippen molar-refractivity contribution in [1.29, 1.82) is 0 Å². The van der Waals surface area contributed by atoms with Crippen LogP contribution in [0, 0.1) is 10.1 Å². The zero-order valence-corrected chi connectivity index (χ0v) is 8.89. The standard InChI is InChI=1S/C9H4N2O8/c12-8(13)5-6(9(14)15)19-7(10-5)3-1-2-4(18-3)11(16)17/h1-2H,(H,12,13)(H,14,15). The molecule has 0 aromatic carbocycles. The molecule has 0 radical (unpaired) electrons. The highest BCUT2D eigenvalue weighted by molar-refractivity contribution is 5.98. The van der Waals surface area contributed by atoms with Gasteiger partial charge < -0.3 is 19.0 Å². The molecule has 0 aliphatic carbocycles. The molecule has 0 aliphatic heterocycles. The van der Waals surface area contributed by atoms with E-state index in [0.717, 1.165) is 12.1 Å². The molecule has 2 N–H and O–H groups in total. The zero-order valence-electron chi connectivity index (χ0n) is 8.89. The predicted octanol–water partition coefficient (Wildman–Crippen LogP) is 1.24. The molecule has 2 aromatic rings. The van der Waals surface area contributed by atoms with E-state index in [4.69, 9.17) is 19.0 Å². The number of rotatable bonds is 4. The smallest absolute Gasteiger partial charge is 0.433 e. The quantitative estimate of drug-likeness (QED) is 0.614. The van der Waals surface area contributed by atoms with Crippen LogP contribution in [0.3, 0.4) is 0 Å². The highest BCUT2D eigenvalue weighted by Gasteiger charge is 2.27. The largest absolute Gasteiger partial charge is 0.476 e. The Balaban J connectivity index is 2.50. The average molecular weight is 268 g/mol. The topological polar surface area (TPSA) is 157 Å². The number of furan rings is 1. The molecule has 2 heterocycles. The monoisotopic (exact) mass is 268 g/mol. The molecule has 0 saturated heterocycles. The van der Waals surface area contributed by atoms with Crippen LogP contribution in [-0.4, -0.2) is 32.1 Å². The lowest BCUT2D eigenvalue weighted by atomic mass is 10.3. The number of carboxylic acids is 2. The second-order valence-corrected chi connectivity index (χ2v) is 3.20. The molecule has 2 rings (SSSR count). The van der Waals surface area contributed by atoms with Gasteiger partial charge in [-0.25, -0.2) is 9.59 Å². The van der Waals surface area contributed by atoms with E-state index >= 15 is 0 Å². The second-order valence-electron chi connectivity index (χ2n) is 3.20. The maximum Gasteiger partial charge on any atom is 0.433 e. The van der Waals surface area contributed by atoms with Crippen molar-refractivity contribution in [3.8, 4) is 11.7 Å². The van der Waals surface area contributed by atoms with Gasteiger partial charge in [-0.1, -0.05) is 0 Å². The van der Waals surface area contributed by atoms with Crippen LogP contribution in [0.5, 0.6) is 0 Å². The molecule has 0 saturated carbocycles. The lowest BCUT2D eigenvalue weighted by Gasteiger charge is -1.87. The van der Waals surface area contributed by atoms with Crippen LogP contribution >= 0.6 is 0 Å². The average Bonchev–Trinajstić information content (AvgIpc) is 2.95. The SMILES string of the molecule is O=C(O)c1nc(-c2ccc([N+](=O)[O-])o2)oc1C(=O)O. The lowest BCUT2D eigenvalue weighted by Crippen LogP contribution is -2.05. The molecular formula is C9H4N2O8. The third kappa shape index (κ3) is 2.13. The molecule has 2 aromatic heterocycles. The van der Waals surface area contributed by atoms with Crippen LogP contribution in [0.4, 0.5) is 5.88 Å². The predicted molar refractivity (Wildman–Crippen MR) is 54.8 cm³/mol. The molecule has 0 spiro atoms. The van der Waals surface area contributed by atoms with Gasteiger partial charge in [-0.3, -0.25) is 10.1 Å². The first-order valence-corrected chi connectivity index (χ1v) is 4.62. The Morgan fingerprint density at radius 3 is 2.32 bits per heavy atom. The van der Waals surface area contributed by atoms with Gasteiger partial charge in [0.15, 0.2) is 5.76 Å². The van der Waals surface area contributed by atoms with Crippen LogP contribution in [0.15, 0.2) is 21.0 Å². The highest BCUT2D eigenvalue weighted by atomic mass is 16.6. The molecule has 0 aliphatic rings. The van der Waals surface area contributed by atoms with E-state index in [1.54, 1.807) is 0 Å². The summed E-state index contributed by atoms with van der Waals surface area (Å²) in [5, 5.41) is 27.9. The molecule has 19 heavy (non-hydrogen) atoms. The Kier molecular flexibility index (Phi) is 2.75. The van der Waals surface area contributed by atoms with Crippen LogP contribution in [0.2, 0.25) is 0 Å². The summed E-state index contributed by atoms with van der Waals surface area (Å²) in [6.07, 6.45) is 0. The van der Waals surface area contributed by atoms with Crippen molar-refractivity contribution in [2.24, 2.45) is 0 Å². The van der Waals surface area contributed by atoms with Gasteiger partial charge >= 0.3 is 17.8 Å². The molecule has 98 valence electrons. The van der Waals surface area contributed by atoms with E-state index in [2.05, 4.69) is 4.98 Å². The van der Waals surface area contributed by atoms with E-state index in [-0.39, 0.29) is 5.76 Å². The lowest BCUT2D eigenvalue weighted by molar-refractivity contribution is -0.401. The Morgan fingerprint density at radius 2 is 1.89 bits per heavy atom. The second kappa shape index (κ2) is 4.25. The molecule has 0 unspecified atom stereocenters. The fraction of sp³-hybridized carbons (Fsp3) is 0. The fourth-order valence-corrected chi connectivity index (χ4v) is 1.26. The minimum absolute atomic E-state index is 0.248. The summed E-state index contributed by atoms with van der Waals surface area (Å²) in [6, 6.07) is 2.11. The summed E-state index contributed by atoms with van der Waals surface area (Å²) >= 11 is 0. The van der Waals surface area contributed by atoms with Crippen LogP contribution in [0.1, 0.15) is 21.0 Å². The summed E-state index contributed by atoms with van der Waals surface area (Å²) in [4.78, 5) is 34.5. The van der Waals surface area contributed by atoms with Crippen LogP contribution < -0.4 is 0 Å². The highest BCUT2D eigenvalue weighted by Crippen LogP contribution is 2.27. The molecule has 0 fully saturated rings. The Bertz CT molecular complexity index is 651. The molecular weight excluding hydrogens is 264 g/mol. The first kappa shape index (κ1) is 12.3. The summed E-state index contributed by atoms with van der Waals surface area (Å²) in [6.45, 7) is 0. The molecule has 0 atom stereocenters. The minimum Gasteiger partial charge on any atom is -0.476 e. The first-order valence-electron chi connectivity index (χ1n) is 4.62. The molecule has 0 bridgehead atoms.